The van der Waals surface area contributed by atoms with Crippen molar-refractivity contribution in [1.29, 1.82) is 0 Å². The van der Waals surface area contributed by atoms with E-state index in [1.165, 1.54) is 66.7 Å². The lowest BCUT2D eigenvalue weighted by Crippen LogP contribution is -2.16. The number of hydrogen-bond donors (Lipinski definition) is 8. The van der Waals surface area contributed by atoms with Gasteiger partial charge in [-0.05, 0) is 78.9 Å². The Morgan fingerprint density at radius 3 is 1.36 bits per heavy atom. The zero-order valence-corrected chi connectivity index (χ0v) is 38.3. The molecule has 31 heteroatoms. The summed E-state index contributed by atoms with van der Waals surface area (Å²) in [5.41, 5.74) is 12.1. The van der Waals surface area contributed by atoms with E-state index in [0.717, 1.165) is 30.3 Å². The topological polar surface area (TPSA) is 437 Å². The summed E-state index contributed by atoms with van der Waals surface area (Å²) in [6, 6.07) is 19.5. The highest BCUT2D eigenvalue weighted by atomic mass is 32.3. The normalized spacial score (nSPS) is 13.0. The van der Waals surface area contributed by atoms with Crippen LogP contribution in [0.5, 0.6) is 11.5 Å². The zero-order valence-electron chi connectivity index (χ0n) is 33.4. The molecule has 6 rings (SSSR count). The number of nitrogen functional groups attached to an aromatic ring is 2. The number of azo groups is 2. The van der Waals surface area contributed by atoms with Crippen molar-refractivity contribution in [3.05, 3.63) is 97.1 Å². The van der Waals surface area contributed by atoms with Crippen LogP contribution < -0.4 is 11.5 Å². The van der Waals surface area contributed by atoms with E-state index < -0.39 is 106 Å². The van der Waals surface area contributed by atoms with Gasteiger partial charge < -0.3 is 21.7 Å². The first kappa shape index (κ1) is 51.7. The SMILES string of the molecule is Nc1ccc2c(O)cc(S(=O)(=O)O)cc2c1N=Nc1ccc(S(=O)(=O)CCS(=O)(=O)O)cc1.Nc1ccc2c(O)cc(S(=O)(=O)O)cc2c1N=Nc1cccc(S(=O)(=O)CCOS(=O)(=O)O)c1. The molecule has 0 unspecified atom stereocenters. The summed E-state index contributed by atoms with van der Waals surface area (Å²) in [7, 11) is -26.5. The number of aromatic hydroxyl groups is 2. The second-order valence-electron chi connectivity index (χ2n) is 13.6. The Hall–Kier alpha value is -6.26. The molecule has 0 heterocycles. The van der Waals surface area contributed by atoms with Crippen LogP contribution >= 0.6 is 0 Å². The highest BCUT2D eigenvalue weighted by Gasteiger charge is 2.21. The summed E-state index contributed by atoms with van der Waals surface area (Å²) in [5.74, 6) is -3.40. The van der Waals surface area contributed by atoms with Crippen molar-refractivity contribution in [3.63, 3.8) is 0 Å². The highest BCUT2D eigenvalue weighted by molar-refractivity contribution is 7.93. The molecule has 6 aromatic carbocycles. The molecule has 67 heavy (non-hydrogen) atoms. The molecule has 0 radical (unpaired) electrons. The van der Waals surface area contributed by atoms with E-state index >= 15 is 0 Å². The Morgan fingerprint density at radius 2 is 0.910 bits per heavy atom. The molecule has 0 aliphatic carbocycles. The van der Waals surface area contributed by atoms with Gasteiger partial charge in [-0.25, -0.2) is 21.0 Å². The second-order valence-corrected chi connectivity index (χ2v) is 23.3. The number of hydrogen-bond acceptors (Lipinski definition) is 21. The monoisotopic (exact) mass is 1050 g/mol. The van der Waals surface area contributed by atoms with Gasteiger partial charge in [-0.1, -0.05) is 6.07 Å². The van der Waals surface area contributed by atoms with Crippen LogP contribution in [0.3, 0.4) is 0 Å². The van der Waals surface area contributed by atoms with Gasteiger partial charge in [-0.2, -0.15) is 43.9 Å². The van der Waals surface area contributed by atoms with Crippen molar-refractivity contribution >= 4 is 116 Å². The summed E-state index contributed by atoms with van der Waals surface area (Å²) in [6.45, 7) is -0.807. The molecule has 0 saturated heterocycles. The number of nitrogens with two attached hydrogens (primary N) is 2. The first-order valence-corrected chi connectivity index (χ1v) is 27.1. The number of fused-ring (bicyclic) bond motifs is 2. The molecule has 0 saturated carbocycles. The molecule has 0 aliphatic rings. The molecule has 0 amide bonds. The van der Waals surface area contributed by atoms with Crippen LogP contribution in [0.4, 0.5) is 34.1 Å². The van der Waals surface area contributed by atoms with Gasteiger partial charge in [-0.15, -0.1) is 10.2 Å². The Bertz CT molecular complexity index is 3680. The molecule has 0 atom stereocenters. The van der Waals surface area contributed by atoms with Gasteiger partial charge >= 0.3 is 10.4 Å². The zero-order chi connectivity index (χ0) is 49.9. The van der Waals surface area contributed by atoms with Crippen LogP contribution in [0.25, 0.3) is 21.5 Å². The number of nitrogens with zero attached hydrogens (tertiary/aromatic N) is 4. The van der Waals surface area contributed by atoms with Crippen molar-refractivity contribution in [2.24, 2.45) is 20.5 Å². The minimum absolute atomic E-state index is 0.00171. The molecule has 6 aromatic rings. The second kappa shape index (κ2) is 19.5. The number of phenolic OH excluding ortho intramolecular Hbond substituents is 2. The number of rotatable bonds is 15. The lowest BCUT2D eigenvalue weighted by Gasteiger charge is -2.09. The van der Waals surface area contributed by atoms with Crippen LogP contribution in [0.2, 0.25) is 0 Å². The predicted octanol–water partition coefficient (Wildman–Crippen LogP) is 4.83. The Kier molecular flexibility index (Phi) is 15.1. The van der Waals surface area contributed by atoms with Gasteiger partial charge in [0.05, 0.1) is 66.2 Å². The third-order valence-electron chi connectivity index (χ3n) is 8.87. The molecular weight excluding hydrogens is 1010 g/mol. The molecule has 0 spiro atoms. The van der Waals surface area contributed by atoms with E-state index in [-0.39, 0.29) is 65.5 Å². The van der Waals surface area contributed by atoms with E-state index in [1.807, 2.05) is 0 Å². The van der Waals surface area contributed by atoms with Gasteiger partial charge in [-0.3, -0.25) is 18.2 Å². The third kappa shape index (κ3) is 13.7. The molecule has 0 bridgehead atoms. The van der Waals surface area contributed by atoms with Gasteiger partial charge in [0.25, 0.3) is 30.4 Å². The van der Waals surface area contributed by atoms with Crippen LogP contribution in [0, 0.1) is 0 Å². The van der Waals surface area contributed by atoms with Crippen LogP contribution in [-0.4, -0.2) is 103 Å². The molecule has 0 fully saturated rings. The number of sulfone groups is 2. The molecular formula is C36H34N6O19S6. The number of phenols is 2. The molecule has 10 N–H and O–H groups in total. The molecule has 0 aliphatic heterocycles. The summed E-state index contributed by atoms with van der Waals surface area (Å²) in [4.78, 5) is -1.61. The van der Waals surface area contributed by atoms with Crippen molar-refractivity contribution in [1.82, 2.24) is 0 Å². The predicted molar refractivity (Wildman–Crippen MR) is 239 cm³/mol. The van der Waals surface area contributed by atoms with Gasteiger partial charge in [0.1, 0.15) is 22.9 Å². The van der Waals surface area contributed by atoms with E-state index in [4.69, 9.17) is 20.6 Å². The average molecular weight is 1050 g/mol. The average Bonchev–Trinajstić information content (AvgIpc) is 3.21. The van der Waals surface area contributed by atoms with Gasteiger partial charge in [0.15, 0.2) is 19.7 Å². The fourth-order valence-corrected chi connectivity index (χ4v) is 10.8. The lowest BCUT2D eigenvalue weighted by molar-refractivity contribution is 0.284. The van der Waals surface area contributed by atoms with Crippen LogP contribution in [0.15, 0.2) is 137 Å². The minimum Gasteiger partial charge on any atom is -0.507 e. The quantitative estimate of drug-likeness (QED) is 0.0387. The van der Waals surface area contributed by atoms with Crippen molar-refractivity contribution in [2.75, 3.05) is 35.3 Å². The Morgan fingerprint density at radius 1 is 0.448 bits per heavy atom. The van der Waals surface area contributed by atoms with Crippen LogP contribution in [0.1, 0.15) is 0 Å². The number of benzene rings is 6. The summed E-state index contributed by atoms with van der Waals surface area (Å²) < 4.78 is 178. The van der Waals surface area contributed by atoms with E-state index in [9.17, 15) is 69.8 Å². The summed E-state index contributed by atoms with van der Waals surface area (Å²) >= 11 is 0. The molecule has 25 nitrogen and oxygen atoms in total. The summed E-state index contributed by atoms with van der Waals surface area (Å²) in [5, 5.41) is 36.6. The minimum atomic E-state index is -4.79. The fraction of sp³-hybridized carbons (Fsp3) is 0.111. The maximum Gasteiger partial charge on any atom is 0.397 e. The smallest absolute Gasteiger partial charge is 0.397 e. The van der Waals surface area contributed by atoms with Gasteiger partial charge in [0, 0.05) is 33.7 Å². The van der Waals surface area contributed by atoms with Gasteiger partial charge in [0.2, 0.25) is 0 Å². The summed E-state index contributed by atoms with van der Waals surface area (Å²) in [6.07, 6.45) is 0. The van der Waals surface area contributed by atoms with Crippen LogP contribution in [-0.2, 0) is 64.6 Å². The molecule has 358 valence electrons. The maximum absolute atomic E-state index is 12.4. The fourth-order valence-electron chi connectivity index (χ4n) is 5.68. The maximum atomic E-state index is 12.4. The van der Waals surface area contributed by atoms with Crippen molar-refractivity contribution in [2.45, 2.75) is 19.6 Å². The third-order valence-corrected chi connectivity index (χ3v) is 15.4. The lowest BCUT2D eigenvalue weighted by atomic mass is 10.1. The highest BCUT2D eigenvalue weighted by Crippen LogP contribution is 2.40. The first-order chi connectivity index (χ1) is 30.8. The Labute approximate surface area is 381 Å². The Balaban J connectivity index is 0.000000251. The first-order valence-electron chi connectivity index (χ1n) is 18.0. The molecule has 0 aromatic heterocycles. The van der Waals surface area contributed by atoms with E-state index in [2.05, 4.69) is 24.6 Å². The standard InChI is InChI=1S/C18H17N3O10S3.C18H17N3O9S3/c19-16-5-4-14-15(9-13(10-17(14)22)33(25,26)27)18(16)21-20-11-2-1-3-12(8-11)32(23,24)7-6-31-34(28,29)30;19-16-6-5-14-15(9-13(10-17(14)22)33(28,29)30)18(16)21-20-11-1-3-12(4-2-11)31(23,24)7-8-32(25,26)27/h1-5,8-10,22H,6-7,19H2,(H,25,26,27)(H,28,29,30);1-6,9-10,22H,7-8,19H2,(H,25,26,27)(H,28,29,30). The van der Waals surface area contributed by atoms with E-state index in [0.29, 0.717) is 0 Å². The number of anilines is 2. The largest absolute Gasteiger partial charge is 0.507 e. The van der Waals surface area contributed by atoms with E-state index in [1.54, 1.807) is 0 Å². The van der Waals surface area contributed by atoms with Crippen molar-refractivity contribution < 1.29 is 83.1 Å². The van der Waals surface area contributed by atoms with Crippen molar-refractivity contribution in [3.8, 4) is 11.5 Å².